The summed E-state index contributed by atoms with van der Waals surface area (Å²) < 4.78 is 0. The molecule has 3 heteroatoms. The average molecular weight is 246 g/mol. The fourth-order valence-electron chi connectivity index (χ4n) is 1.73. The Morgan fingerprint density at radius 1 is 1.29 bits per heavy atom. The smallest absolute Gasteiger partial charge is 0.106 e. The molecule has 0 aliphatic carbocycles. The highest BCUT2D eigenvalue weighted by Crippen LogP contribution is 2.24. The molecule has 0 aliphatic rings. The first-order valence-corrected chi connectivity index (χ1v) is 6.91. The van der Waals surface area contributed by atoms with Gasteiger partial charge in [-0.25, -0.2) is 4.98 Å². The van der Waals surface area contributed by atoms with Crippen molar-refractivity contribution in [2.45, 2.75) is 37.8 Å². The molecule has 0 saturated carbocycles. The minimum Gasteiger partial charge on any atom is -0.346 e. The van der Waals surface area contributed by atoms with Gasteiger partial charge in [0.2, 0.25) is 0 Å². The number of thioether (sulfide) groups is 1. The van der Waals surface area contributed by atoms with Crippen LogP contribution in [0.25, 0.3) is 0 Å². The van der Waals surface area contributed by atoms with Gasteiger partial charge in [0.05, 0.1) is 5.69 Å². The van der Waals surface area contributed by atoms with Crippen LogP contribution < -0.4 is 0 Å². The lowest BCUT2D eigenvalue weighted by Crippen LogP contribution is -1.85. The number of rotatable bonds is 4. The number of hydrogen-bond acceptors (Lipinski definition) is 2. The summed E-state index contributed by atoms with van der Waals surface area (Å²) in [5, 5.41) is 0. The molecule has 0 bridgehead atoms. The zero-order valence-corrected chi connectivity index (χ0v) is 11.4. The number of imidazole rings is 1. The summed E-state index contributed by atoms with van der Waals surface area (Å²) in [6.07, 6.45) is 0.968. The summed E-state index contributed by atoms with van der Waals surface area (Å²) in [6.45, 7) is 6.34. The Labute approximate surface area is 107 Å². The van der Waals surface area contributed by atoms with Crippen LogP contribution in [-0.4, -0.2) is 9.97 Å². The third-order valence-electron chi connectivity index (χ3n) is 2.73. The maximum atomic E-state index is 4.59. The summed E-state index contributed by atoms with van der Waals surface area (Å²) in [5.74, 6) is 2.02. The Morgan fingerprint density at radius 3 is 2.76 bits per heavy atom. The van der Waals surface area contributed by atoms with E-state index in [2.05, 4.69) is 55.0 Å². The molecule has 2 rings (SSSR count). The number of aromatic amines is 1. The van der Waals surface area contributed by atoms with Gasteiger partial charge in [0.25, 0.3) is 0 Å². The fraction of sp³-hybridized carbons (Fsp3) is 0.357. The minimum absolute atomic E-state index is 0.936. The number of benzene rings is 1. The van der Waals surface area contributed by atoms with E-state index < -0.39 is 0 Å². The predicted molar refractivity (Wildman–Crippen MR) is 73.4 cm³/mol. The zero-order chi connectivity index (χ0) is 12.3. The van der Waals surface area contributed by atoms with Crippen molar-refractivity contribution < 1.29 is 0 Å². The molecule has 1 aromatic carbocycles. The molecule has 0 fully saturated rings. The van der Waals surface area contributed by atoms with Crippen LogP contribution in [0.2, 0.25) is 0 Å². The normalized spacial score (nSPS) is 10.8. The van der Waals surface area contributed by atoms with Gasteiger partial charge < -0.3 is 4.98 Å². The second-order valence-electron chi connectivity index (χ2n) is 4.21. The lowest BCUT2D eigenvalue weighted by molar-refractivity contribution is 0.976. The molecule has 1 aromatic heterocycles. The quantitative estimate of drug-likeness (QED) is 0.829. The average Bonchev–Trinajstić information content (AvgIpc) is 2.68. The number of aryl methyl sites for hydroxylation is 3. The molecule has 1 heterocycles. The molecule has 1 N–H and O–H groups in total. The fourth-order valence-corrected chi connectivity index (χ4v) is 2.76. The summed E-state index contributed by atoms with van der Waals surface area (Å²) in [7, 11) is 0. The van der Waals surface area contributed by atoms with Gasteiger partial charge in [-0.2, -0.15) is 0 Å². The predicted octanol–water partition coefficient (Wildman–Crippen LogP) is 3.88. The number of hydrogen-bond donors (Lipinski definition) is 1. The Kier molecular flexibility index (Phi) is 3.89. The van der Waals surface area contributed by atoms with Crippen LogP contribution in [0.3, 0.4) is 0 Å². The summed E-state index contributed by atoms with van der Waals surface area (Å²) in [6, 6.07) is 8.60. The minimum atomic E-state index is 0.936. The molecule has 0 radical (unpaired) electrons. The van der Waals surface area contributed by atoms with Crippen LogP contribution in [0.15, 0.2) is 29.2 Å². The van der Waals surface area contributed by atoms with E-state index in [4.69, 9.17) is 0 Å². The molecule has 17 heavy (non-hydrogen) atoms. The summed E-state index contributed by atoms with van der Waals surface area (Å²) >= 11 is 1.84. The maximum absolute atomic E-state index is 4.59. The van der Waals surface area contributed by atoms with Crippen LogP contribution in [0.4, 0.5) is 0 Å². The highest BCUT2D eigenvalue weighted by atomic mass is 32.2. The Hall–Kier alpha value is -1.22. The molecular weight excluding hydrogens is 228 g/mol. The van der Waals surface area contributed by atoms with Crippen molar-refractivity contribution >= 4 is 11.8 Å². The van der Waals surface area contributed by atoms with Gasteiger partial charge in [0.15, 0.2) is 0 Å². The van der Waals surface area contributed by atoms with Crippen LogP contribution in [-0.2, 0) is 12.2 Å². The summed E-state index contributed by atoms with van der Waals surface area (Å²) in [5.41, 5.74) is 3.68. The first-order valence-electron chi connectivity index (χ1n) is 5.93. The lowest BCUT2D eigenvalue weighted by Gasteiger charge is -2.01. The third-order valence-corrected chi connectivity index (χ3v) is 3.74. The van der Waals surface area contributed by atoms with E-state index in [0.29, 0.717) is 0 Å². The van der Waals surface area contributed by atoms with Gasteiger partial charge >= 0.3 is 0 Å². The molecule has 90 valence electrons. The molecule has 0 amide bonds. The first kappa shape index (κ1) is 12.2. The van der Waals surface area contributed by atoms with E-state index in [1.54, 1.807) is 0 Å². The first-order chi connectivity index (χ1) is 8.19. The van der Waals surface area contributed by atoms with E-state index in [9.17, 15) is 0 Å². The number of aromatic nitrogens is 2. The zero-order valence-electron chi connectivity index (χ0n) is 10.6. The van der Waals surface area contributed by atoms with E-state index in [-0.39, 0.29) is 0 Å². The largest absolute Gasteiger partial charge is 0.346 e. The van der Waals surface area contributed by atoms with Gasteiger partial charge in [0.1, 0.15) is 5.82 Å². The van der Waals surface area contributed by atoms with Crippen molar-refractivity contribution in [1.82, 2.24) is 9.97 Å². The molecule has 0 aliphatic heterocycles. The molecule has 0 spiro atoms. The van der Waals surface area contributed by atoms with Crippen LogP contribution in [0, 0.1) is 13.8 Å². The van der Waals surface area contributed by atoms with E-state index in [1.165, 1.54) is 21.8 Å². The van der Waals surface area contributed by atoms with Crippen molar-refractivity contribution in [3.63, 3.8) is 0 Å². The van der Waals surface area contributed by atoms with Gasteiger partial charge in [-0.15, -0.1) is 11.8 Å². The van der Waals surface area contributed by atoms with Gasteiger partial charge in [-0.1, -0.05) is 24.6 Å². The van der Waals surface area contributed by atoms with Crippen LogP contribution in [0.1, 0.15) is 29.7 Å². The third kappa shape index (κ3) is 3.13. The van der Waals surface area contributed by atoms with Gasteiger partial charge in [-0.05, 0) is 26.0 Å². The van der Waals surface area contributed by atoms with Crippen LogP contribution in [0.5, 0.6) is 0 Å². The molecule has 0 atom stereocenters. The molecule has 2 nitrogen and oxygen atoms in total. The Balaban J connectivity index is 2.04. The van der Waals surface area contributed by atoms with Gasteiger partial charge in [-0.3, -0.25) is 0 Å². The highest BCUT2D eigenvalue weighted by molar-refractivity contribution is 7.98. The monoisotopic (exact) mass is 246 g/mol. The summed E-state index contributed by atoms with van der Waals surface area (Å²) in [4.78, 5) is 9.22. The van der Waals surface area contributed by atoms with Crippen molar-refractivity contribution in [1.29, 1.82) is 0 Å². The number of H-pyrrole nitrogens is 1. The second-order valence-corrected chi connectivity index (χ2v) is 5.26. The molecule has 0 saturated heterocycles. The second kappa shape index (κ2) is 5.41. The molecule has 0 unspecified atom stereocenters. The van der Waals surface area contributed by atoms with E-state index >= 15 is 0 Å². The Morgan fingerprint density at radius 2 is 2.12 bits per heavy atom. The number of nitrogens with one attached hydrogen (secondary N) is 1. The SMILES string of the molecule is CCc1nc(CSc2cccc(C)c2)c(C)[nH]1. The molecular formula is C14H18N2S. The van der Waals surface area contributed by atoms with Gasteiger partial charge in [0, 0.05) is 22.8 Å². The van der Waals surface area contributed by atoms with E-state index in [1.807, 2.05) is 11.8 Å². The topological polar surface area (TPSA) is 28.7 Å². The Bertz CT molecular complexity index is 503. The van der Waals surface area contributed by atoms with E-state index in [0.717, 1.165) is 18.0 Å². The standard InChI is InChI=1S/C14H18N2S/c1-4-14-15-11(3)13(16-14)9-17-12-7-5-6-10(2)8-12/h5-8H,4,9H2,1-3H3,(H,15,16). The van der Waals surface area contributed by atoms with Crippen LogP contribution >= 0.6 is 11.8 Å². The highest BCUT2D eigenvalue weighted by Gasteiger charge is 2.05. The van der Waals surface area contributed by atoms with Crippen molar-refractivity contribution in [2.75, 3.05) is 0 Å². The molecule has 2 aromatic rings. The maximum Gasteiger partial charge on any atom is 0.106 e. The lowest BCUT2D eigenvalue weighted by atomic mass is 10.2. The van der Waals surface area contributed by atoms with Crippen molar-refractivity contribution in [3.8, 4) is 0 Å². The van der Waals surface area contributed by atoms with Crippen molar-refractivity contribution in [2.24, 2.45) is 0 Å². The number of nitrogens with zero attached hydrogens (tertiary/aromatic N) is 1. The van der Waals surface area contributed by atoms with Crippen molar-refractivity contribution in [3.05, 3.63) is 47.0 Å².